The number of nitrogens with one attached hydrogen (secondary N) is 1. The molecule has 0 heterocycles. The smallest absolute Gasteiger partial charge is 0.224 e. The molecule has 0 aromatic heterocycles. The first kappa shape index (κ1) is 15.3. The lowest BCUT2D eigenvalue weighted by atomic mass is 10.00. The van der Waals surface area contributed by atoms with Crippen LogP contribution in [0, 0.1) is 0 Å². The second-order valence-corrected chi connectivity index (χ2v) is 5.11. The maximum atomic E-state index is 11.8. The number of anilines is 1. The topological polar surface area (TPSA) is 73.6 Å². The van der Waals surface area contributed by atoms with Crippen LogP contribution in [0.2, 0.25) is 0 Å². The third-order valence-corrected chi connectivity index (χ3v) is 2.66. The molecule has 0 saturated carbocycles. The van der Waals surface area contributed by atoms with E-state index in [1.54, 1.807) is 32.4 Å². The molecule has 0 bridgehead atoms. The van der Waals surface area contributed by atoms with Crippen LogP contribution in [0.1, 0.15) is 26.7 Å². The van der Waals surface area contributed by atoms with Crippen molar-refractivity contribution in [2.75, 3.05) is 19.5 Å². The highest BCUT2D eigenvalue weighted by Gasteiger charge is 2.13. The first-order valence-corrected chi connectivity index (χ1v) is 6.16. The van der Waals surface area contributed by atoms with Gasteiger partial charge in [-0.05, 0) is 32.4 Å². The van der Waals surface area contributed by atoms with Crippen LogP contribution in [0.15, 0.2) is 18.2 Å². The van der Waals surface area contributed by atoms with Gasteiger partial charge in [0.15, 0.2) is 11.5 Å². The van der Waals surface area contributed by atoms with Gasteiger partial charge in [0.05, 0.1) is 14.2 Å². The Morgan fingerprint density at radius 3 is 2.42 bits per heavy atom. The molecular formula is C14H22N2O3. The fourth-order valence-corrected chi connectivity index (χ4v) is 1.57. The van der Waals surface area contributed by atoms with Crippen molar-refractivity contribution in [1.29, 1.82) is 0 Å². The second kappa shape index (κ2) is 6.43. The zero-order chi connectivity index (χ0) is 14.5. The third kappa shape index (κ3) is 5.18. The Hall–Kier alpha value is -1.75. The molecule has 0 unspecified atom stereocenters. The van der Waals surface area contributed by atoms with Crippen molar-refractivity contribution in [3.05, 3.63) is 18.2 Å². The van der Waals surface area contributed by atoms with Gasteiger partial charge in [-0.15, -0.1) is 0 Å². The van der Waals surface area contributed by atoms with E-state index in [9.17, 15) is 4.79 Å². The Balaban J connectivity index is 2.64. The minimum atomic E-state index is -0.338. The van der Waals surface area contributed by atoms with Crippen LogP contribution in [0.3, 0.4) is 0 Å². The molecule has 1 rings (SSSR count). The number of carbonyl (C=O) groups is 1. The Labute approximate surface area is 114 Å². The highest BCUT2D eigenvalue weighted by Crippen LogP contribution is 2.29. The summed E-state index contributed by atoms with van der Waals surface area (Å²) < 4.78 is 10.3. The summed E-state index contributed by atoms with van der Waals surface area (Å²) >= 11 is 0. The van der Waals surface area contributed by atoms with E-state index in [1.165, 1.54) is 0 Å². The van der Waals surface area contributed by atoms with E-state index >= 15 is 0 Å². The van der Waals surface area contributed by atoms with Crippen LogP contribution < -0.4 is 20.5 Å². The predicted molar refractivity (Wildman–Crippen MR) is 75.7 cm³/mol. The lowest BCUT2D eigenvalue weighted by Crippen LogP contribution is -2.33. The van der Waals surface area contributed by atoms with Gasteiger partial charge in [0.25, 0.3) is 0 Å². The average Bonchev–Trinajstić information content (AvgIpc) is 2.35. The van der Waals surface area contributed by atoms with E-state index in [0.717, 1.165) is 0 Å². The summed E-state index contributed by atoms with van der Waals surface area (Å²) in [5, 5.41) is 2.81. The van der Waals surface area contributed by atoms with E-state index in [2.05, 4.69) is 5.32 Å². The van der Waals surface area contributed by atoms with Crippen LogP contribution in [0.4, 0.5) is 5.69 Å². The number of ether oxygens (including phenoxy) is 2. The second-order valence-electron chi connectivity index (χ2n) is 5.11. The van der Waals surface area contributed by atoms with E-state index in [1.807, 2.05) is 13.8 Å². The van der Waals surface area contributed by atoms with Gasteiger partial charge >= 0.3 is 0 Å². The summed E-state index contributed by atoms with van der Waals surface area (Å²) in [5.41, 5.74) is 6.18. The van der Waals surface area contributed by atoms with Crippen LogP contribution in [-0.2, 0) is 4.79 Å². The van der Waals surface area contributed by atoms with Gasteiger partial charge in [0.1, 0.15) is 0 Å². The Morgan fingerprint density at radius 1 is 1.26 bits per heavy atom. The maximum absolute atomic E-state index is 11.8. The Bertz CT molecular complexity index is 439. The first-order chi connectivity index (χ1) is 8.85. The van der Waals surface area contributed by atoms with Gasteiger partial charge in [0, 0.05) is 23.7 Å². The van der Waals surface area contributed by atoms with E-state index in [4.69, 9.17) is 15.2 Å². The van der Waals surface area contributed by atoms with Crippen LogP contribution in [-0.4, -0.2) is 25.7 Å². The first-order valence-electron chi connectivity index (χ1n) is 6.16. The number of rotatable bonds is 6. The minimum Gasteiger partial charge on any atom is -0.493 e. The van der Waals surface area contributed by atoms with Crippen molar-refractivity contribution < 1.29 is 14.3 Å². The summed E-state index contributed by atoms with van der Waals surface area (Å²) in [6.45, 7) is 3.80. The maximum Gasteiger partial charge on any atom is 0.224 e. The van der Waals surface area contributed by atoms with Crippen molar-refractivity contribution in [1.82, 2.24) is 0 Å². The molecular weight excluding hydrogens is 244 g/mol. The number of amides is 1. The molecule has 0 aliphatic carbocycles. The SMILES string of the molecule is COc1ccc(NC(=O)CCC(C)(C)N)cc1OC. The number of hydrogen-bond donors (Lipinski definition) is 2. The normalized spacial score (nSPS) is 11.0. The van der Waals surface area contributed by atoms with Gasteiger partial charge in [0.2, 0.25) is 5.91 Å². The molecule has 0 spiro atoms. The highest BCUT2D eigenvalue weighted by molar-refractivity contribution is 5.91. The molecule has 106 valence electrons. The quantitative estimate of drug-likeness (QED) is 0.827. The number of hydrogen-bond acceptors (Lipinski definition) is 4. The molecule has 1 aromatic rings. The van der Waals surface area contributed by atoms with Crippen molar-refractivity contribution in [3.63, 3.8) is 0 Å². The zero-order valence-electron chi connectivity index (χ0n) is 11.9. The predicted octanol–water partition coefficient (Wildman–Crippen LogP) is 2.16. The van der Waals surface area contributed by atoms with E-state index in [-0.39, 0.29) is 11.4 Å². The zero-order valence-corrected chi connectivity index (χ0v) is 11.9. The van der Waals surface area contributed by atoms with Crippen molar-refractivity contribution in [3.8, 4) is 11.5 Å². The number of nitrogens with two attached hydrogens (primary N) is 1. The number of methoxy groups -OCH3 is 2. The molecule has 0 aliphatic rings. The molecule has 0 saturated heterocycles. The minimum absolute atomic E-state index is 0.0641. The number of benzene rings is 1. The lowest BCUT2D eigenvalue weighted by Gasteiger charge is -2.17. The fourth-order valence-electron chi connectivity index (χ4n) is 1.57. The van der Waals surface area contributed by atoms with Gasteiger partial charge in [-0.2, -0.15) is 0 Å². The standard InChI is InChI=1S/C14H22N2O3/c1-14(2,15)8-7-13(17)16-10-5-6-11(18-3)12(9-10)19-4/h5-6,9H,7-8,15H2,1-4H3,(H,16,17). The summed E-state index contributed by atoms with van der Waals surface area (Å²) in [4.78, 5) is 11.8. The number of carbonyl (C=O) groups excluding carboxylic acids is 1. The summed E-state index contributed by atoms with van der Waals surface area (Å²) in [7, 11) is 3.12. The summed E-state index contributed by atoms with van der Waals surface area (Å²) in [5.74, 6) is 1.15. The van der Waals surface area contributed by atoms with Gasteiger partial charge < -0.3 is 20.5 Å². The third-order valence-electron chi connectivity index (χ3n) is 2.66. The average molecular weight is 266 g/mol. The summed E-state index contributed by atoms with van der Waals surface area (Å²) in [6.07, 6.45) is 1.02. The molecule has 5 nitrogen and oxygen atoms in total. The van der Waals surface area contributed by atoms with Gasteiger partial charge in [-0.3, -0.25) is 4.79 Å². The molecule has 1 amide bonds. The van der Waals surface area contributed by atoms with Gasteiger partial charge in [-0.1, -0.05) is 0 Å². The molecule has 0 aliphatic heterocycles. The van der Waals surface area contributed by atoms with Crippen molar-refractivity contribution in [2.45, 2.75) is 32.2 Å². The van der Waals surface area contributed by atoms with Crippen LogP contribution >= 0.6 is 0 Å². The Kier molecular flexibility index (Phi) is 5.18. The fraction of sp³-hybridized carbons (Fsp3) is 0.500. The molecule has 19 heavy (non-hydrogen) atoms. The Morgan fingerprint density at radius 2 is 1.89 bits per heavy atom. The van der Waals surface area contributed by atoms with E-state index in [0.29, 0.717) is 30.0 Å². The van der Waals surface area contributed by atoms with Crippen molar-refractivity contribution in [2.24, 2.45) is 5.73 Å². The van der Waals surface area contributed by atoms with Crippen LogP contribution in [0.5, 0.6) is 11.5 Å². The molecule has 0 radical (unpaired) electrons. The van der Waals surface area contributed by atoms with Crippen LogP contribution in [0.25, 0.3) is 0 Å². The van der Waals surface area contributed by atoms with Gasteiger partial charge in [-0.25, -0.2) is 0 Å². The molecule has 0 fully saturated rings. The lowest BCUT2D eigenvalue weighted by molar-refractivity contribution is -0.116. The molecule has 5 heteroatoms. The largest absolute Gasteiger partial charge is 0.493 e. The monoisotopic (exact) mass is 266 g/mol. The van der Waals surface area contributed by atoms with E-state index < -0.39 is 0 Å². The molecule has 1 aromatic carbocycles. The van der Waals surface area contributed by atoms with Crippen molar-refractivity contribution >= 4 is 11.6 Å². The molecule has 0 atom stereocenters. The summed E-state index contributed by atoms with van der Waals surface area (Å²) in [6, 6.07) is 5.25. The highest BCUT2D eigenvalue weighted by atomic mass is 16.5. The molecule has 3 N–H and O–H groups in total.